The molecule has 0 aromatic heterocycles. The molecule has 1 aliphatic rings. The molecule has 19 heavy (non-hydrogen) atoms. The van der Waals surface area contributed by atoms with Gasteiger partial charge in [-0.1, -0.05) is 11.6 Å². The number of hydrogen-bond acceptors (Lipinski definition) is 4. The fourth-order valence-electron chi connectivity index (χ4n) is 2.23. The summed E-state index contributed by atoms with van der Waals surface area (Å²) in [7, 11) is -3.23. The summed E-state index contributed by atoms with van der Waals surface area (Å²) >= 11 is 6.03. The Bertz CT molecular complexity index is 571. The average molecular weight is 304 g/mol. The van der Waals surface area contributed by atoms with Crippen molar-refractivity contribution in [1.82, 2.24) is 0 Å². The smallest absolute Gasteiger partial charge is 0.157 e. The first-order valence-electron chi connectivity index (χ1n) is 6.30. The normalized spacial score (nSPS) is 15.9. The summed E-state index contributed by atoms with van der Waals surface area (Å²) in [5.41, 5.74) is 7.07. The Kier molecular flexibility index (Phi) is 4.38. The van der Waals surface area contributed by atoms with Crippen molar-refractivity contribution in [3.05, 3.63) is 28.3 Å². The van der Waals surface area contributed by atoms with Gasteiger partial charge in [-0.3, -0.25) is 0 Å². The summed E-state index contributed by atoms with van der Waals surface area (Å²) in [4.78, 5) is 0. The van der Waals surface area contributed by atoms with E-state index < -0.39 is 15.1 Å². The van der Waals surface area contributed by atoms with Gasteiger partial charge in [-0.25, -0.2) is 8.42 Å². The molecule has 0 spiro atoms. The SMILES string of the molecule is CC(CCN)S(=O)(=O)Cc1cc(Cl)cc2c1OCC2. The summed E-state index contributed by atoms with van der Waals surface area (Å²) in [5.74, 6) is 0.643. The Hall–Kier alpha value is -0.780. The maximum absolute atomic E-state index is 12.2. The van der Waals surface area contributed by atoms with E-state index in [-0.39, 0.29) is 5.75 Å². The van der Waals surface area contributed by atoms with Crippen molar-refractivity contribution in [3.8, 4) is 5.75 Å². The highest BCUT2D eigenvalue weighted by atomic mass is 35.5. The highest BCUT2D eigenvalue weighted by Crippen LogP contribution is 2.34. The van der Waals surface area contributed by atoms with Crippen molar-refractivity contribution in [2.24, 2.45) is 5.73 Å². The van der Waals surface area contributed by atoms with Crippen molar-refractivity contribution in [2.45, 2.75) is 30.8 Å². The minimum absolute atomic E-state index is 0.0446. The summed E-state index contributed by atoms with van der Waals surface area (Å²) in [6.07, 6.45) is 1.24. The predicted octanol–water partition coefficient (Wildman–Crippen LogP) is 1.93. The molecule has 2 rings (SSSR count). The van der Waals surface area contributed by atoms with E-state index in [1.54, 1.807) is 13.0 Å². The predicted molar refractivity (Wildman–Crippen MR) is 76.4 cm³/mol. The summed E-state index contributed by atoms with van der Waals surface area (Å²) in [6, 6.07) is 3.52. The van der Waals surface area contributed by atoms with Crippen LogP contribution in [-0.2, 0) is 22.0 Å². The summed E-state index contributed by atoms with van der Waals surface area (Å²) < 4.78 is 30.0. The molecule has 0 radical (unpaired) electrons. The molecule has 2 N–H and O–H groups in total. The van der Waals surface area contributed by atoms with E-state index in [1.807, 2.05) is 6.07 Å². The third-order valence-corrected chi connectivity index (χ3v) is 5.76. The number of halogens is 1. The molecule has 1 aromatic rings. The van der Waals surface area contributed by atoms with E-state index in [4.69, 9.17) is 22.1 Å². The quantitative estimate of drug-likeness (QED) is 0.902. The Labute approximate surface area is 118 Å². The van der Waals surface area contributed by atoms with E-state index in [0.29, 0.717) is 35.9 Å². The molecule has 1 aromatic carbocycles. The maximum atomic E-state index is 12.2. The molecule has 1 heterocycles. The molecule has 0 saturated heterocycles. The van der Waals surface area contributed by atoms with Gasteiger partial charge in [-0.05, 0) is 37.6 Å². The van der Waals surface area contributed by atoms with Crippen LogP contribution in [0.4, 0.5) is 0 Å². The molecule has 0 fully saturated rings. The molecule has 0 amide bonds. The Balaban J connectivity index is 2.29. The zero-order chi connectivity index (χ0) is 14.0. The zero-order valence-electron chi connectivity index (χ0n) is 10.9. The molecule has 6 heteroatoms. The van der Waals surface area contributed by atoms with Crippen molar-refractivity contribution in [3.63, 3.8) is 0 Å². The lowest BCUT2D eigenvalue weighted by Crippen LogP contribution is -2.23. The lowest BCUT2D eigenvalue weighted by molar-refractivity contribution is 0.354. The van der Waals surface area contributed by atoms with Gasteiger partial charge in [0, 0.05) is 17.0 Å². The minimum Gasteiger partial charge on any atom is -0.493 e. The second-order valence-corrected chi connectivity index (χ2v) is 7.70. The molecule has 0 aliphatic carbocycles. The van der Waals surface area contributed by atoms with Crippen molar-refractivity contribution in [1.29, 1.82) is 0 Å². The molecular weight excluding hydrogens is 286 g/mol. The van der Waals surface area contributed by atoms with E-state index in [0.717, 1.165) is 12.0 Å². The number of hydrogen-bond donors (Lipinski definition) is 1. The van der Waals surface area contributed by atoms with Gasteiger partial charge in [-0.2, -0.15) is 0 Å². The van der Waals surface area contributed by atoms with Gasteiger partial charge in [0.25, 0.3) is 0 Å². The lowest BCUT2D eigenvalue weighted by atomic mass is 10.1. The van der Waals surface area contributed by atoms with Gasteiger partial charge in [0.1, 0.15) is 5.75 Å². The molecule has 1 atom stereocenters. The molecule has 106 valence electrons. The third kappa shape index (κ3) is 3.22. The minimum atomic E-state index is -3.23. The Morgan fingerprint density at radius 3 is 2.89 bits per heavy atom. The van der Waals surface area contributed by atoms with Crippen LogP contribution >= 0.6 is 11.6 Å². The number of fused-ring (bicyclic) bond motifs is 1. The zero-order valence-corrected chi connectivity index (χ0v) is 12.4. The number of nitrogens with two attached hydrogens (primary N) is 1. The second-order valence-electron chi connectivity index (χ2n) is 4.85. The van der Waals surface area contributed by atoms with Crippen LogP contribution in [0.5, 0.6) is 5.75 Å². The molecule has 0 saturated carbocycles. The summed E-state index contributed by atoms with van der Waals surface area (Å²) in [5, 5.41) is 0.106. The van der Waals surface area contributed by atoms with Crippen LogP contribution in [0.1, 0.15) is 24.5 Å². The molecule has 4 nitrogen and oxygen atoms in total. The first-order valence-corrected chi connectivity index (χ1v) is 8.39. The van der Waals surface area contributed by atoms with Gasteiger partial charge < -0.3 is 10.5 Å². The van der Waals surface area contributed by atoms with Gasteiger partial charge >= 0.3 is 0 Å². The standard InChI is InChI=1S/C13H18ClNO3S/c1-9(2-4-15)19(16,17)8-11-7-12(14)6-10-3-5-18-13(10)11/h6-7,9H,2-5,8,15H2,1H3. The molecule has 1 aliphatic heterocycles. The van der Waals surface area contributed by atoms with Crippen molar-refractivity contribution < 1.29 is 13.2 Å². The van der Waals surface area contributed by atoms with E-state index in [1.165, 1.54) is 0 Å². The molecular formula is C13H18ClNO3S. The maximum Gasteiger partial charge on any atom is 0.157 e. The number of ether oxygens (including phenoxy) is 1. The van der Waals surface area contributed by atoms with Crippen LogP contribution < -0.4 is 10.5 Å². The van der Waals surface area contributed by atoms with Crippen LogP contribution in [0.2, 0.25) is 5.02 Å². The largest absolute Gasteiger partial charge is 0.493 e. The second kappa shape index (κ2) is 5.69. The first kappa shape index (κ1) is 14.6. The van der Waals surface area contributed by atoms with Gasteiger partial charge in [0.2, 0.25) is 0 Å². The fraction of sp³-hybridized carbons (Fsp3) is 0.538. The third-order valence-electron chi connectivity index (χ3n) is 3.37. The molecule has 1 unspecified atom stereocenters. The van der Waals surface area contributed by atoms with Crippen LogP contribution in [0.25, 0.3) is 0 Å². The average Bonchev–Trinajstić information content (AvgIpc) is 2.76. The highest BCUT2D eigenvalue weighted by molar-refractivity contribution is 7.91. The lowest BCUT2D eigenvalue weighted by Gasteiger charge is -2.14. The van der Waals surface area contributed by atoms with Gasteiger partial charge in [0.05, 0.1) is 17.6 Å². The van der Waals surface area contributed by atoms with Crippen LogP contribution in [0, 0.1) is 0 Å². The number of sulfone groups is 1. The highest BCUT2D eigenvalue weighted by Gasteiger charge is 2.25. The van der Waals surface area contributed by atoms with Gasteiger partial charge in [0.15, 0.2) is 9.84 Å². The number of rotatable bonds is 5. The monoisotopic (exact) mass is 303 g/mol. The fourth-order valence-corrected chi connectivity index (χ4v) is 3.92. The van der Waals surface area contributed by atoms with Crippen LogP contribution in [0.3, 0.4) is 0 Å². The summed E-state index contributed by atoms with van der Waals surface area (Å²) in [6.45, 7) is 2.64. The van der Waals surface area contributed by atoms with Crippen molar-refractivity contribution >= 4 is 21.4 Å². The van der Waals surface area contributed by atoms with Crippen LogP contribution in [0.15, 0.2) is 12.1 Å². The van der Waals surface area contributed by atoms with Crippen molar-refractivity contribution in [2.75, 3.05) is 13.2 Å². The Morgan fingerprint density at radius 1 is 1.47 bits per heavy atom. The van der Waals surface area contributed by atoms with Gasteiger partial charge in [-0.15, -0.1) is 0 Å². The Morgan fingerprint density at radius 2 is 2.21 bits per heavy atom. The van der Waals surface area contributed by atoms with E-state index in [9.17, 15) is 8.42 Å². The first-order chi connectivity index (χ1) is 8.94. The van der Waals surface area contributed by atoms with E-state index in [2.05, 4.69) is 0 Å². The van der Waals surface area contributed by atoms with E-state index >= 15 is 0 Å². The number of benzene rings is 1. The molecule has 0 bridgehead atoms. The van der Waals surface area contributed by atoms with Crippen LogP contribution in [-0.4, -0.2) is 26.8 Å². The topological polar surface area (TPSA) is 69.4 Å².